The van der Waals surface area contributed by atoms with Crippen LogP contribution in [0.2, 0.25) is 0 Å². The van der Waals surface area contributed by atoms with Crippen molar-refractivity contribution < 1.29 is 19.2 Å². The van der Waals surface area contributed by atoms with Gasteiger partial charge < -0.3 is 4.84 Å². The number of benzene rings is 2. The number of amides is 2. The van der Waals surface area contributed by atoms with E-state index >= 15 is 0 Å². The maximum Gasteiger partial charge on any atom is 0.363 e. The van der Waals surface area contributed by atoms with Gasteiger partial charge in [-0.3, -0.25) is 14.5 Å². The zero-order valence-corrected chi connectivity index (χ0v) is 13.0. The summed E-state index contributed by atoms with van der Waals surface area (Å²) in [5.74, 6) is -1.96. The average molecular weight is 322 g/mol. The van der Waals surface area contributed by atoms with Crippen LogP contribution < -0.4 is 0 Å². The van der Waals surface area contributed by atoms with Crippen molar-refractivity contribution in [3.8, 4) is 0 Å². The maximum absolute atomic E-state index is 12.3. The van der Waals surface area contributed by atoms with E-state index in [0.29, 0.717) is 10.6 Å². The first-order valence-electron chi connectivity index (χ1n) is 7.55. The van der Waals surface area contributed by atoms with Gasteiger partial charge in [-0.2, -0.15) is 0 Å². The van der Waals surface area contributed by atoms with Gasteiger partial charge in [0.15, 0.2) is 0 Å². The van der Waals surface area contributed by atoms with Gasteiger partial charge in [-0.05, 0) is 42.4 Å². The third-order valence-corrected chi connectivity index (χ3v) is 4.25. The van der Waals surface area contributed by atoms with Gasteiger partial charge in [-0.15, -0.1) is 0 Å². The van der Waals surface area contributed by atoms with Crippen molar-refractivity contribution in [2.75, 3.05) is 7.05 Å². The van der Waals surface area contributed by atoms with Crippen molar-refractivity contribution in [2.45, 2.75) is 13.1 Å². The van der Waals surface area contributed by atoms with E-state index in [9.17, 15) is 14.4 Å². The molecule has 0 N–H and O–H groups in total. The lowest BCUT2D eigenvalue weighted by molar-refractivity contribution is -0.0584. The Labute approximate surface area is 138 Å². The molecular formula is C18H14N2O4. The summed E-state index contributed by atoms with van der Waals surface area (Å²) in [5, 5.41) is 0.534. The molecule has 4 rings (SSSR count). The molecule has 2 aromatic carbocycles. The fraction of sp³-hybridized carbons (Fsp3) is 0.167. The maximum atomic E-state index is 12.3. The predicted molar refractivity (Wildman–Crippen MR) is 84.0 cm³/mol. The Bertz CT molecular complexity index is 855. The van der Waals surface area contributed by atoms with Gasteiger partial charge in [0.05, 0.1) is 16.7 Å². The zero-order valence-electron chi connectivity index (χ0n) is 13.0. The minimum absolute atomic E-state index is 0.242. The van der Waals surface area contributed by atoms with Crippen molar-refractivity contribution in [3.63, 3.8) is 0 Å². The van der Waals surface area contributed by atoms with Crippen LogP contribution in [0.15, 0.2) is 42.5 Å². The summed E-state index contributed by atoms with van der Waals surface area (Å²) in [5.41, 5.74) is 3.02. The Morgan fingerprint density at radius 3 is 2.25 bits per heavy atom. The molecule has 2 aliphatic rings. The highest BCUT2D eigenvalue weighted by Crippen LogP contribution is 2.25. The summed E-state index contributed by atoms with van der Waals surface area (Å²) in [4.78, 5) is 44.0. The lowest BCUT2D eigenvalue weighted by Crippen LogP contribution is -2.32. The van der Waals surface area contributed by atoms with E-state index in [1.807, 2.05) is 13.1 Å². The largest absolute Gasteiger partial charge is 0.363 e. The minimum atomic E-state index is -0.721. The van der Waals surface area contributed by atoms with Crippen LogP contribution in [0.3, 0.4) is 0 Å². The molecule has 0 aromatic heterocycles. The van der Waals surface area contributed by atoms with Gasteiger partial charge in [-0.1, -0.05) is 23.3 Å². The van der Waals surface area contributed by atoms with Crippen LogP contribution in [-0.4, -0.2) is 34.8 Å². The summed E-state index contributed by atoms with van der Waals surface area (Å²) in [7, 11) is 2.00. The molecule has 0 aliphatic carbocycles. The van der Waals surface area contributed by atoms with Gasteiger partial charge >= 0.3 is 5.97 Å². The van der Waals surface area contributed by atoms with E-state index in [0.717, 1.165) is 24.2 Å². The molecule has 0 atom stereocenters. The Morgan fingerprint density at radius 1 is 0.958 bits per heavy atom. The first kappa shape index (κ1) is 14.6. The summed E-state index contributed by atoms with van der Waals surface area (Å²) < 4.78 is 0. The van der Waals surface area contributed by atoms with E-state index in [2.05, 4.69) is 4.90 Å². The number of imide groups is 1. The molecule has 2 aromatic rings. The molecule has 2 aliphatic heterocycles. The molecule has 0 saturated carbocycles. The van der Waals surface area contributed by atoms with Crippen molar-refractivity contribution in [1.29, 1.82) is 0 Å². The van der Waals surface area contributed by atoms with Crippen LogP contribution in [-0.2, 0) is 17.9 Å². The Hall–Kier alpha value is -2.99. The van der Waals surface area contributed by atoms with Crippen LogP contribution >= 0.6 is 0 Å². The molecule has 2 heterocycles. The SMILES string of the molecule is CN1Cc2ccc(C(=O)ON3C(=O)c4ccccc4C3=O)cc2C1. The predicted octanol–water partition coefficient (Wildman–Crippen LogP) is 2.00. The molecule has 0 unspecified atom stereocenters. The Kier molecular flexibility index (Phi) is 3.21. The van der Waals surface area contributed by atoms with E-state index in [-0.39, 0.29) is 11.1 Å². The summed E-state index contributed by atoms with van der Waals surface area (Å²) in [6, 6.07) is 11.7. The third-order valence-electron chi connectivity index (χ3n) is 4.25. The number of nitrogens with zero attached hydrogens (tertiary/aromatic N) is 2. The fourth-order valence-electron chi connectivity index (χ4n) is 3.08. The van der Waals surface area contributed by atoms with Crippen molar-refractivity contribution >= 4 is 17.8 Å². The number of carbonyl (C=O) groups excluding carboxylic acids is 3. The molecule has 120 valence electrons. The monoisotopic (exact) mass is 322 g/mol. The second-order valence-electron chi connectivity index (χ2n) is 5.98. The number of hydrogen-bond donors (Lipinski definition) is 0. The Morgan fingerprint density at radius 2 is 1.58 bits per heavy atom. The molecule has 0 saturated heterocycles. The van der Waals surface area contributed by atoms with Gasteiger partial charge in [-0.25, -0.2) is 4.79 Å². The standard InChI is InChI=1S/C18H14N2O4/c1-19-9-12-7-6-11(8-13(12)10-19)18(23)24-20-16(21)14-4-2-3-5-15(14)17(20)22/h2-8H,9-10H2,1H3. The van der Waals surface area contributed by atoms with E-state index < -0.39 is 17.8 Å². The molecular weight excluding hydrogens is 308 g/mol. The number of hydrogen-bond acceptors (Lipinski definition) is 5. The highest BCUT2D eigenvalue weighted by atomic mass is 16.7. The van der Waals surface area contributed by atoms with Gasteiger partial charge in [0.2, 0.25) is 0 Å². The second kappa shape index (κ2) is 5.28. The highest BCUT2D eigenvalue weighted by Gasteiger charge is 2.38. The summed E-state index contributed by atoms with van der Waals surface area (Å²) in [6.07, 6.45) is 0. The van der Waals surface area contributed by atoms with Crippen LogP contribution in [0.5, 0.6) is 0 Å². The van der Waals surface area contributed by atoms with Gasteiger partial charge in [0, 0.05) is 13.1 Å². The van der Waals surface area contributed by atoms with Crippen LogP contribution in [0.1, 0.15) is 42.2 Å². The molecule has 24 heavy (non-hydrogen) atoms. The van der Waals surface area contributed by atoms with Crippen LogP contribution in [0.4, 0.5) is 0 Å². The van der Waals surface area contributed by atoms with E-state index in [4.69, 9.17) is 4.84 Å². The van der Waals surface area contributed by atoms with Gasteiger partial charge in [0.1, 0.15) is 0 Å². The van der Waals surface area contributed by atoms with Crippen molar-refractivity contribution in [2.24, 2.45) is 0 Å². The molecule has 6 nitrogen and oxygen atoms in total. The number of fused-ring (bicyclic) bond motifs is 2. The summed E-state index contributed by atoms with van der Waals surface area (Å²) >= 11 is 0. The van der Waals surface area contributed by atoms with Crippen LogP contribution in [0.25, 0.3) is 0 Å². The van der Waals surface area contributed by atoms with Gasteiger partial charge in [0.25, 0.3) is 11.8 Å². The molecule has 0 fully saturated rings. The van der Waals surface area contributed by atoms with E-state index in [1.54, 1.807) is 24.3 Å². The fourth-order valence-corrected chi connectivity index (χ4v) is 3.08. The third kappa shape index (κ3) is 2.19. The number of hydroxylamine groups is 2. The first-order chi connectivity index (χ1) is 11.5. The second-order valence-corrected chi connectivity index (χ2v) is 5.98. The molecule has 0 radical (unpaired) electrons. The lowest BCUT2D eigenvalue weighted by atomic mass is 10.1. The normalized spacial score (nSPS) is 16.3. The average Bonchev–Trinajstić information content (AvgIpc) is 3.07. The highest BCUT2D eigenvalue weighted by molar-refractivity contribution is 6.21. The smallest absolute Gasteiger partial charge is 0.324 e. The number of rotatable bonds is 2. The topological polar surface area (TPSA) is 66.9 Å². The zero-order chi connectivity index (χ0) is 16.8. The minimum Gasteiger partial charge on any atom is -0.324 e. The molecule has 6 heteroatoms. The molecule has 2 amide bonds. The first-order valence-corrected chi connectivity index (χ1v) is 7.55. The van der Waals surface area contributed by atoms with Crippen LogP contribution in [0, 0.1) is 0 Å². The number of carbonyl (C=O) groups is 3. The molecule has 0 bridgehead atoms. The van der Waals surface area contributed by atoms with Crippen molar-refractivity contribution in [3.05, 3.63) is 70.3 Å². The quantitative estimate of drug-likeness (QED) is 0.791. The van der Waals surface area contributed by atoms with E-state index in [1.165, 1.54) is 12.1 Å². The summed E-state index contributed by atoms with van der Waals surface area (Å²) in [6.45, 7) is 1.59. The Balaban J connectivity index is 1.57. The lowest BCUT2D eigenvalue weighted by Gasteiger charge is -2.13. The molecule has 0 spiro atoms. The van der Waals surface area contributed by atoms with Crippen molar-refractivity contribution in [1.82, 2.24) is 9.96 Å².